The molecule has 4 rings (SSSR count). The van der Waals surface area contributed by atoms with Crippen LogP contribution in [0.25, 0.3) is 0 Å². The Morgan fingerprint density at radius 3 is 2.38 bits per heavy atom. The van der Waals surface area contributed by atoms with E-state index < -0.39 is 0 Å². The van der Waals surface area contributed by atoms with Crippen molar-refractivity contribution in [3.8, 4) is 0 Å². The standard InChI is InChI=1S/C29H50OS2/c1-19(2)8-7-9-20(3)24-12-13-25-23-11-10-21-18-22(30-27(31)32-6)14-16-28(21,4)26(23)15-17-29(24,25)5/h19-26H,7-18H2,1-6H3/t20-,21?,22?,23+,24-,25+,26+,28+,29-/m1/s1. The summed E-state index contributed by atoms with van der Waals surface area (Å²) < 4.78 is 6.89. The van der Waals surface area contributed by atoms with Crippen LogP contribution in [0.15, 0.2) is 0 Å². The Kier molecular flexibility index (Phi) is 7.98. The summed E-state index contributed by atoms with van der Waals surface area (Å²) in [4.78, 5) is 0. The number of thioether (sulfide) groups is 1. The highest BCUT2D eigenvalue weighted by molar-refractivity contribution is 8.22. The molecule has 4 fully saturated rings. The van der Waals surface area contributed by atoms with Crippen molar-refractivity contribution in [2.75, 3.05) is 6.26 Å². The second kappa shape index (κ2) is 10.1. The van der Waals surface area contributed by atoms with Crippen LogP contribution in [-0.2, 0) is 4.74 Å². The first kappa shape index (κ1) is 25.3. The Morgan fingerprint density at radius 2 is 1.66 bits per heavy atom. The Bertz CT molecular complexity index is 662. The summed E-state index contributed by atoms with van der Waals surface area (Å²) in [5.74, 6) is 6.55. The molecule has 4 aliphatic carbocycles. The summed E-state index contributed by atoms with van der Waals surface area (Å²) in [7, 11) is 0. The number of rotatable bonds is 6. The summed E-state index contributed by atoms with van der Waals surface area (Å²) in [5, 5.41) is 0. The van der Waals surface area contributed by atoms with Crippen LogP contribution in [0.5, 0.6) is 0 Å². The summed E-state index contributed by atoms with van der Waals surface area (Å²) in [6, 6.07) is 0. The minimum absolute atomic E-state index is 0.376. The molecule has 0 spiro atoms. The van der Waals surface area contributed by atoms with Gasteiger partial charge < -0.3 is 4.74 Å². The van der Waals surface area contributed by atoms with Crippen LogP contribution in [-0.4, -0.2) is 16.7 Å². The first-order valence-corrected chi connectivity index (χ1v) is 15.6. The number of hydrogen-bond acceptors (Lipinski definition) is 3. The van der Waals surface area contributed by atoms with E-state index in [1.54, 1.807) is 11.8 Å². The van der Waals surface area contributed by atoms with Crippen LogP contribution in [0.3, 0.4) is 0 Å². The highest BCUT2D eigenvalue weighted by atomic mass is 32.2. The van der Waals surface area contributed by atoms with Crippen LogP contribution in [0.4, 0.5) is 0 Å². The summed E-state index contributed by atoms with van der Waals surface area (Å²) in [5.41, 5.74) is 1.17. The van der Waals surface area contributed by atoms with Gasteiger partial charge in [-0.2, -0.15) is 0 Å². The molecule has 0 bridgehead atoms. The number of fused-ring (bicyclic) bond motifs is 5. The smallest absolute Gasteiger partial charge is 0.219 e. The van der Waals surface area contributed by atoms with E-state index in [4.69, 9.17) is 17.0 Å². The van der Waals surface area contributed by atoms with Gasteiger partial charge in [0.1, 0.15) is 6.10 Å². The molecular formula is C29H50OS2. The van der Waals surface area contributed by atoms with Crippen molar-refractivity contribution in [2.24, 2.45) is 52.3 Å². The van der Waals surface area contributed by atoms with Gasteiger partial charge in [-0.25, -0.2) is 0 Å². The fraction of sp³-hybridized carbons (Fsp3) is 0.966. The first-order chi connectivity index (χ1) is 15.2. The lowest BCUT2D eigenvalue weighted by molar-refractivity contribution is -0.127. The topological polar surface area (TPSA) is 9.23 Å². The largest absolute Gasteiger partial charge is 0.475 e. The predicted octanol–water partition coefficient (Wildman–Crippen LogP) is 9.14. The molecule has 9 atom stereocenters. The molecule has 2 unspecified atom stereocenters. The van der Waals surface area contributed by atoms with Crippen molar-refractivity contribution in [1.82, 2.24) is 0 Å². The molecule has 4 aliphatic rings. The zero-order valence-corrected chi connectivity index (χ0v) is 23.5. The minimum Gasteiger partial charge on any atom is -0.475 e. The van der Waals surface area contributed by atoms with Gasteiger partial charge in [0.2, 0.25) is 4.38 Å². The van der Waals surface area contributed by atoms with Crippen molar-refractivity contribution in [3.05, 3.63) is 0 Å². The van der Waals surface area contributed by atoms with E-state index in [0.29, 0.717) is 16.9 Å². The molecule has 0 heterocycles. The molecule has 0 amide bonds. The third-order valence-corrected chi connectivity index (χ3v) is 12.3. The number of hydrogen-bond donors (Lipinski definition) is 0. The van der Waals surface area contributed by atoms with Crippen molar-refractivity contribution in [1.29, 1.82) is 0 Å². The molecule has 1 nitrogen and oxygen atoms in total. The van der Waals surface area contributed by atoms with Gasteiger partial charge in [-0.15, -0.1) is 0 Å². The maximum Gasteiger partial charge on any atom is 0.219 e. The van der Waals surface area contributed by atoms with E-state index in [-0.39, 0.29) is 0 Å². The zero-order valence-electron chi connectivity index (χ0n) is 21.8. The quantitative estimate of drug-likeness (QED) is 0.352. The Morgan fingerprint density at radius 1 is 0.938 bits per heavy atom. The maximum absolute atomic E-state index is 6.14. The molecule has 184 valence electrons. The van der Waals surface area contributed by atoms with Crippen molar-refractivity contribution >= 4 is 28.4 Å². The van der Waals surface area contributed by atoms with Crippen LogP contribution in [0.1, 0.15) is 112 Å². The molecule has 0 aromatic heterocycles. The van der Waals surface area contributed by atoms with E-state index >= 15 is 0 Å². The van der Waals surface area contributed by atoms with Crippen LogP contribution in [0.2, 0.25) is 0 Å². The first-order valence-electron chi connectivity index (χ1n) is 13.9. The van der Waals surface area contributed by atoms with E-state index in [0.717, 1.165) is 45.8 Å². The Hall–Kier alpha value is 0.240. The Labute approximate surface area is 209 Å². The van der Waals surface area contributed by atoms with Gasteiger partial charge in [-0.1, -0.05) is 65.6 Å². The average molecular weight is 479 g/mol. The fourth-order valence-electron chi connectivity index (χ4n) is 9.53. The Balaban J connectivity index is 1.42. The minimum atomic E-state index is 0.376. The van der Waals surface area contributed by atoms with E-state index in [9.17, 15) is 0 Å². The molecule has 3 heteroatoms. The van der Waals surface area contributed by atoms with Gasteiger partial charge in [0.15, 0.2) is 0 Å². The van der Waals surface area contributed by atoms with Crippen molar-refractivity contribution in [2.45, 2.75) is 118 Å². The molecule has 0 aliphatic heterocycles. The lowest BCUT2D eigenvalue weighted by Crippen LogP contribution is -2.54. The average Bonchev–Trinajstić information content (AvgIpc) is 3.11. The molecule has 0 aromatic rings. The normalized spacial score (nSPS) is 44.5. The zero-order chi connectivity index (χ0) is 23.1. The van der Waals surface area contributed by atoms with E-state index in [1.807, 2.05) is 6.26 Å². The van der Waals surface area contributed by atoms with Crippen LogP contribution >= 0.6 is 24.0 Å². The third kappa shape index (κ3) is 4.69. The van der Waals surface area contributed by atoms with Gasteiger partial charge in [-0.3, -0.25) is 0 Å². The van der Waals surface area contributed by atoms with Gasteiger partial charge in [0, 0.05) is 0 Å². The molecule has 4 saturated carbocycles. The molecular weight excluding hydrogens is 428 g/mol. The van der Waals surface area contributed by atoms with Gasteiger partial charge in [0.25, 0.3) is 0 Å². The van der Waals surface area contributed by atoms with Crippen molar-refractivity contribution < 1.29 is 4.74 Å². The SMILES string of the molecule is CSC(=S)OC1CC[C@@]2(C)C(CC[C@H]3[C@@H]4CC[C@H]([C@H](C)CCCC(C)C)[C@@]4(C)CC[C@@H]32)C1. The summed E-state index contributed by atoms with van der Waals surface area (Å²) >= 11 is 6.97. The van der Waals surface area contributed by atoms with Crippen molar-refractivity contribution in [3.63, 3.8) is 0 Å². The number of thiocarbonyl (C=S) groups is 1. The number of ether oxygens (including phenoxy) is 1. The lowest BCUT2D eigenvalue weighted by atomic mass is 9.44. The molecule has 0 radical (unpaired) electrons. The summed E-state index contributed by atoms with van der Waals surface area (Å²) in [6.45, 7) is 12.8. The lowest BCUT2D eigenvalue weighted by Gasteiger charge is -2.61. The molecule has 0 aromatic carbocycles. The van der Waals surface area contributed by atoms with E-state index in [1.165, 1.54) is 77.0 Å². The predicted molar refractivity (Wildman–Crippen MR) is 144 cm³/mol. The second-order valence-corrected chi connectivity index (χ2v) is 14.6. The maximum atomic E-state index is 6.14. The van der Waals surface area contributed by atoms with E-state index in [2.05, 4.69) is 34.6 Å². The molecule has 0 N–H and O–H groups in total. The fourth-order valence-corrected chi connectivity index (χ4v) is 9.90. The molecule has 32 heavy (non-hydrogen) atoms. The van der Waals surface area contributed by atoms with Gasteiger partial charge in [0.05, 0.1) is 0 Å². The van der Waals surface area contributed by atoms with Crippen LogP contribution in [0, 0.1) is 52.3 Å². The molecule has 0 saturated heterocycles. The second-order valence-electron chi connectivity index (χ2n) is 13.2. The monoisotopic (exact) mass is 478 g/mol. The third-order valence-electron chi connectivity index (χ3n) is 11.2. The van der Waals surface area contributed by atoms with Crippen LogP contribution < -0.4 is 0 Å². The van der Waals surface area contributed by atoms with Gasteiger partial charge in [-0.05, 0) is 129 Å². The highest BCUT2D eigenvalue weighted by Crippen LogP contribution is 2.68. The highest BCUT2D eigenvalue weighted by Gasteiger charge is 2.60. The van der Waals surface area contributed by atoms with Gasteiger partial charge >= 0.3 is 0 Å². The summed E-state index contributed by atoms with van der Waals surface area (Å²) in [6.07, 6.45) is 19.5.